The van der Waals surface area contributed by atoms with Crippen molar-refractivity contribution in [1.82, 2.24) is 15.1 Å². The van der Waals surface area contributed by atoms with E-state index >= 15 is 0 Å². The van der Waals surface area contributed by atoms with Crippen LogP contribution in [0.5, 0.6) is 0 Å². The molecule has 1 N–H and O–H groups in total. The first-order valence-corrected chi connectivity index (χ1v) is 6.50. The van der Waals surface area contributed by atoms with Gasteiger partial charge in [0.2, 0.25) is 0 Å². The molecule has 0 aliphatic rings. The van der Waals surface area contributed by atoms with Gasteiger partial charge in [0.05, 0.1) is 18.5 Å². The van der Waals surface area contributed by atoms with Crippen LogP contribution < -0.4 is 5.32 Å². The molecule has 2 rings (SSSR count). The average molecular weight is 247 g/mol. The molecule has 0 atom stereocenters. The Kier molecular flexibility index (Phi) is 3.87. The smallest absolute Gasteiger partial charge is 0.125 e. The third-order valence-corrected chi connectivity index (χ3v) is 3.23. The van der Waals surface area contributed by atoms with Crippen LogP contribution in [0.2, 0.25) is 0 Å². The third kappa shape index (κ3) is 2.20. The highest BCUT2D eigenvalue weighted by atomic mass is 16.3. The van der Waals surface area contributed by atoms with Crippen molar-refractivity contribution in [2.24, 2.45) is 0 Å². The number of nitrogens with zero attached hydrogens (tertiary/aromatic N) is 2. The van der Waals surface area contributed by atoms with E-state index in [-0.39, 0.29) is 0 Å². The molecular weight excluding hydrogens is 226 g/mol. The van der Waals surface area contributed by atoms with E-state index in [0.29, 0.717) is 0 Å². The number of rotatable bonds is 5. The van der Waals surface area contributed by atoms with Gasteiger partial charge in [-0.15, -0.1) is 0 Å². The first-order chi connectivity index (χ1) is 8.69. The van der Waals surface area contributed by atoms with Gasteiger partial charge in [-0.1, -0.05) is 6.92 Å². The molecule has 4 nitrogen and oxygen atoms in total. The fraction of sp³-hybridized carbons (Fsp3) is 0.500. The molecule has 0 amide bonds. The molecule has 4 heteroatoms. The normalized spacial score (nSPS) is 11.1. The summed E-state index contributed by atoms with van der Waals surface area (Å²) in [7, 11) is 0. The van der Waals surface area contributed by atoms with Crippen molar-refractivity contribution in [3.63, 3.8) is 0 Å². The first kappa shape index (κ1) is 12.9. The van der Waals surface area contributed by atoms with E-state index in [2.05, 4.69) is 38.1 Å². The molecule has 0 saturated carbocycles. The summed E-state index contributed by atoms with van der Waals surface area (Å²) in [5.74, 6) is 0.985. The minimum atomic E-state index is 0.759. The summed E-state index contributed by atoms with van der Waals surface area (Å²) in [6, 6.07) is 2.03. The predicted molar refractivity (Wildman–Crippen MR) is 72.5 cm³/mol. The number of hydrogen-bond acceptors (Lipinski definition) is 3. The topological polar surface area (TPSA) is 43.0 Å². The highest BCUT2D eigenvalue weighted by molar-refractivity contribution is 5.70. The molecule has 0 aliphatic heterocycles. The molecule has 0 aromatic carbocycles. The lowest BCUT2D eigenvalue weighted by Gasteiger charge is -2.04. The lowest BCUT2D eigenvalue weighted by molar-refractivity contribution is 0.489. The summed E-state index contributed by atoms with van der Waals surface area (Å²) in [5.41, 5.74) is 4.63. The number of aryl methyl sites for hydroxylation is 2. The van der Waals surface area contributed by atoms with Gasteiger partial charge >= 0.3 is 0 Å². The van der Waals surface area contributed by atoms with E-state index in [1.54, 1.807) is 6.26 Å². The van der Waals surface area contributed by atoms with Crippen LogP contribution in [-0.2, 0) is 13.1 Å². The van der Waals surface area contributed by atoms with E-state index in [9.17, 15) is 0 Å². The Hall–Kier alpha value is -1.55. The second-order valence-electron chi connectivity index (χ2n) is 4.40. The Balaban J connectivity index is 2.42. The maximum atomic E-state index is 5.57. The molecule has 0 bridgehead atoms. The van der Waals surface area contributed by atoms with E-state index in [4.69, 9.17) is 4.42 Å². The largest absolute Gasteiger partial charge is 0.467 e. The van der Waals surface area contributed by atoms with Crippen molar-refractivity contribution in [2.45, 2.75) is 40.8 Å². The van der Waals surface area contributed by atoms with Crippen LogP contribution in [-0.4, -0.2) is 16.3 Å². The summed E-state index contributed by atoms with van der Waals surface area (Å²) in [6.45, 7) is 11.0. The van der Waals surface area contributed by atoms with Gasteiger partial charge in [0, 0.05) is 23.4 Å². The van der Waals surface area contributed by atoms with Crippen LogP contribution in [0.4, 0.5) is 0 Å². The number of nitrogens with one attached hydrogen (secondary N) is 1. The molecule has 0 aliphatic carbocycles. The molecule has 0 unspecified atom stereocenters. The molecule has 18 heavy (non-hydrogen) atoms. The first-order valence-electron chi connectivity index (χ1n) is 6.50. The molecule has 0 fully saturated rings. The molecule has 2 aromatic heterocycles. The van der Waals surface area contributed by atoms with Crippen LogP contribution in [0.15, 0.2) is 16.7 Å². The Morgan fingerprint density at radius 3 is 2.72 bits per heavy atom. The number of hydrogen-bond donors (Lipinski definition) is 1. The maximum absolute atomic E-state index is 5.57. The van der Waals surface area contributed by atoms with Gasteiger partial charge in [-0.2, -0.15) is 5.10 Å². The van der Waals surface area contributed by atoms with Gasteiger partial charge in [0.25, 0.3) is 0 Å². The van der Waals surface area contributed by atoms with E-state index in [1.807, 2.05) is 10.7 Å². The summed E-state index contributed by atoms with van der Waals surface area (Å²) in [6.07, 6.45) is 1.75. The Labute approximate surface area is 108 Å². The molecule has 2 aromatic rings. The average Bonchev–Trinajstić information content (AvgIpc) is 2.91. The van der Waals surface area contributed by atoms with Crippen molar-refractivity contribution in [3.8, 4) is 11.1 Å². The quantitative estimate of drug-likeness (QED) is 0.883. The summed E-state index contributed by atoms with van der Waals surface area (Å²) < 4.78 is 7.61. The maximum Gasteiger partial charge on any atom is 0.125 e. The number of aromatic nitrogens is 2. The van der Waals surface area contributed by atoms with Crippen molar-refractivity contribution in [1.29, 1.82) is 0 Å². The lowest BCUT2D eigenvalue weighted by Crippen LogP contribution is -2.11. The Morgan fingerprint density at radius 2 is 2.11 bits per heavy atom. The Bertz CT molecular complexity index is 525. The van der Waals surface area contributed by atoms with E-state index in [1.165, 1.54) is 11.3 Å². The van der Waals surface area contributed by atoms with Gasteiger partial charge in [-0.05, 0) is 33.4 Å². The number of furan rings is 1. The predicted octanol–water partition coefficient (Wildman–Crippen LogP) is 2.89. The summed E-state index contributed by atoms with van der Waals surface area (Å²) >= 11 is 0. The summed E-state index contributed by atoms with van der Waals surface area (Å²) in [5, 5.41) is 7.86. The van der Waals surface area contributed by atoms with E-state index < -0.39 is 0 Å². The monoisotopic (exact) mass is 247 g/mol. The molecule has 0 saturated heterocycles. The molecule has 98 valence electrons. The van der Waals surface area contributed by atoms with Crippen molar-refractivity contribution in [2.75, 3.05) is 6.54 Å². The van der Waals surface area contributed by atoms with Crippen molar-refractivity contribution >= 4 is 0 Å². The second-order valence-corrected chi connectivity index (χ2v) is 4.40. The zero-order valence-electron chi connectivity index (χ0n) is 11.6. The van der Waals surface area contributed by atoms with Crippen LogP contribution >= 0.6 is 0 Å². The molecule has 0 spiro atoms. The van der Waals surface area contributed by atoms with Gasteiger partial charge < -0.3 is 9.73 Å². The van der Waals surface area contributed by atoms with E-state index in [0.717, 1.165) is 36.7 Å². The molecule has 2 heterocycles. The Morgan fingerprint density at radius 1 is 1.33 bits per heavy atom. The SMILES string of the molecule is CCNCc1occc1-c1c(C)nn(CC)c1C. The lowest BCUT2D eigenvalue weighted by atomic mass is 10.0. The van der Waals surface area contributed by atoms with Crippen molar-refractivity contribution < 1.29 is 4.42 Å². The van der Waals surface area contributed by atoms with Gasteiger partial charge in [-0.3, -0.25) is 4.68 Å². The van der Waals surface area contributed by atoms with Gasteiger partial charge in [0.15, 0.2) is 0 Å². The highest BCUT2D eigenvalue weighted by Gasteiger charge is 2.17. The highest BCUT2D eigenvalue weighted by Crippen LogP contribution is 2.30. The third-order valence-electron chi connectivity index (χ3n) is 3.23. The van der Waals surface area contributed by atoms with Gasteiger partial charge in [0.1, 0.15) is 5.76 Å². The fourth-order valence-corrected chi connectivity index (χ4v) is 2.33. The summed E-state index contributed by atoms with van der Waals surface area (Å²) in [4.78, 5) is 0. The zero-order valence-corrected chi connectivity index (χ0v) is 11.6. The van der Waals surface area contributed by atoms with Gasteiger partial charge in [-0.25, -0.2) is 0 Å². The molecule has 0 radical (unpaired) electrons. The van der Waals surface area contributed by atoms with Crippen LogP contribution in [0.3, 0.4) is 0 Å². The minimum absolute atomic E-state index is 0.759. The minimum Gasteiger partial charge on any atom is -0.467 e. The van der Waals surface area contributed by atoms with Crippen LogP contribution in [0.25, 0.3) is 11.1 Å². The fourth-order valence-electron chi connectivity index (χ4n) is 2.33. The molecular formula is C14H21N3O. The van der Waals surface area contributed by atoms with Crippen LogP contribution in [0, 0.1) is 13.8 Å². The second kappa shape index (κ2) is 5.40. The standard InChI is InChI=1S/C14H21N3O/c1-5-15-9-13-12(7-8-18-13)14-10(3)16-17(6-2)11(14)4/h7-8,15H,5-6,9H2,1-4H3. The zero-order chi connectivity index (χ0) is 13.1. The van der Waals surface area contributed by atoms with Crippen molar-refractivity contribution in [3.05, 3.63) is 29.5 Å². The van der Waals surface area contributed by atoms with Crippen LogP contribution in [0.1, 0.15) is 31.0 Å².